The molecule has 0 spiro atoms. The molecule has 0 fully saturated rings. The number of ether oxygens (including phenoxy) is 1. The number of benzene rings is 3. The Morgan fingerprint density at radius 3 is 2.72 bits per heavy atom. The summed E-state index contributed by atoms with van der Waals surface area (Å²) in [5, 5.41) is 3.20. The maximum absolute atomic E-state index is 15.0. The zero-order chi connectivity index (χ0) is 22.8. The van der Waals surface area contributed by atoms with Gasteiger partial charge >= 0.3 is 0 Å². The van der Waals surface area contributed by atoms with Crippen LogP contribution in [-0.2, 0) is 6.61 Å². The van der Waals surface area contributed by atoms with Crippen LogP contribution in [0.15, 0.2) is 59.6 Å². The van der Waals surface area contributed by atoms with Gasteiger partial charge < -0.3 is 25.2 Å². The molecule has 0 aliphatic heterocycles. The Kier molecular flexibility index (Phi) is 6.57. The van der Waals surface area contributed by atoms with E-state index in [-0.39, 0.29) is 12.4 Å². The van der Waals surface area contributed by atoms with E-state index in [1.807, 2.05) is 6.07 Å². The van der Waals surface area contributed by atoms with Gasteiger partial charge in [0.15, 0.2) is 11.6 Å². The van der Waals surface area contributed by atoms with Crippen LogP contribution in [-0.4, -0.2) is 12.0 Å². The van der Waals surface area contributed by atoms with Gasteiger partial charge in [-0.05, 0) is 53.9 Å². The number of aromatic amines is 1. The van der Waals surface area contributed by atoms with Crippen LogP contribution in [0.2, 0.25) is 10.0 Å². The lowest BCUT2D eigenvalue weighted by Crippen LogP contribution is -2.26. The molecule has 32 heavy (non-hydrogen) atoms. The number of nitrogens with one attached hydrogen (secondary N) is 2. The zero-order valence-corrected chi connectivity index (χ0v) is 19.3. The van der Waals surface area contributed by atoms with Crippen molar-refractivity contribution in [2.45, 2.75) is 11.5 Å². The summed E-state index contributed by atoms with van der Waals surface area (Å²) >= 11 is 13.5. The maximum Gasteiger partial charge on any atom is 0.180 e. The Morgan fingerprint density at radius 1 is 1.16 bits per heavy atom. The average Bonchev–Trinajstić information content (AvgIpc) is 3.16. The highest BCUT2D eigenvalue weighted by Crippen LogP contribution is 2.37. The van der Waals surface area contributed by atoms with Crippen molar-refractivity contribution >= 4 is 63.1 Å². The molecule has 0 saturated heterocycles. The average molecular weight is 492 g/mol. The third-order valence-corrected chi connectivity index (χ3v) is 6.27. The van der Waals surface area contributed by atoms with Crippen molar-refractivity contribution in [3.63, 3.8) is 0 Å². The van der Waals surface area contributed by atoms with E-state index < -0.39 is 5.82 Å². The lowest BCUT2D eigenvalue weighted by atomic mass is 10.2. The highest BCUT2D eigenvalue weighted by molar-refractivity contribution is 8.00. The Bertz CT molecular complexity index is 1280. The van der Waals surface area contributed by atoms with Crippen molar-refractivity contribution in [2.24, 2.45) is 5.84 Å². The standard InChI is InChI=1S/C22H20Cl2FN5OS/c1-30(27)17-8-5-12(9-15(17)26)11-31-18-3-2-4-19(21(18)25)32-29-16-7-6-13(23)20-14(24)10-28-22(16)20/h2-10,28-29H,11,26-27H2,1H3. The molecule has 6 nitrogen and oxygen atoms in total. The fourth-order valence-corrected chi connectivity index (χ4v) is 4.51. The molecule has 0 bridgehead atoms. The molecule has 0 amide bonds. The van der Waals surface area contributed by atoms with Crippen molar-refractivity contribution in [3.8, 4) is 5.75 Å². The summed E-state index contributed by atoms with van der Waals surface area (Å²) in [6.07, 6.45) is 1.66. The van der Waals surface area contributed by atoms with Crippen LogP contribution < -0.4 is 26.0 Å². The van der Waals surface area contributed by atoms with E-state index in [1.165, 1.54) is 5.01 Å². The molecule has 6 N–H and O–H groups in total. The van der Waals surface area contributed by atoms with Crippen LogP contribution in [0.4, 0.5) is 21.5 Å². The fourth-order valence-electron chi connectivity index (χ4n) is 3.22. The molecule has 10 heteroatoms. The Morgan fingerprint density at radius 2 is 1.97 bits per heavy atom. The molecule has 0 aliphatic rings. The molecule has 4 rings (SSSR count). The molecular weight excluding hydrogens is 472 g/mol. The molecule has 1 aromatic heterocycles. The molecule has 0 aliphatic carbocycles. The number of H-pyrrole nitrogens is 1. The molecule has 0 atom stereocenters. The summed E-state index contributed by atoms with van der Waals surface area (Å²) in [5.74, 6) is 5.40. The van der Waals surface area contributed by atoms with Crippen molar-refractivity contribution < 1.29 is 9.13 Å². The van der Waals surface area contributed by atoms with Crippen LogP contribution in [0.1, 0.15) is 5.56 Å². The number of nitrogens with two attached hydrogens (primary N) is 2. The molecule has 3 aromatic carbocycles. The monoisotopic (exact) mass is 491 g/mol. The van der Waals surface area contributed by atoms with Gasteiger partial charge in [0, 0.05) is 18.6 Å². The highest BCUT2D eigenvalue weighted by atomic mass is 35.5. The summed E-state index contributed by atoms with van der Waals surface area (Å²) in [5.41, 5.74) is 9.50. The van der Waals surface area contributed by atoms with Gasteiger partial charge in [-0.25, -0.2) is 10.2 Å². The Labute approximate surface area is 198 Å². The SMILES string of the molecule is CN(N)c1ccc(COc2cccc(SNc3ccc(Cl)c4c(Cl)c[nH]c34)c2F)cc1N. The Balaban J connectivity index is 1.47. The quantitative estimate of drug-likeness (QED) is 0.106. The molecule has 0 radical (unpaired) electrons. The largest absolute Gasteiger partial charge is 0.486 e. The van der Waals surface area contributed by atoms with Gasteiger partial charge in [0.05, 0.1) is 37.5 Å². The minimum atomic E-state index is -0.467. The summed E-state index contributed by atoms with van der Waals surface area (Å²) in [6, 6.07) is 13.9. The van der Waals surface area contributed by atoms with E-state index >= 15 is 4.39 Å². The predicted octanol–water partition coefficient (Wildman–Crippen LogP) is 6.20. The second-order valence-electron chi connectivity index (χ2n) is 7.05. The minimum absolute atomic E-state index is 0.138. The number of anilines is 3. The van der Waals surface area contributed by atoms with Crippen LogP contribution >= 0.6 is 35.1 Å². The second-order valence-corrected chi connectivity index (χ2v) is 8.71. The van der Waals surface area contributed by atoms with Gasteiger partial charge in [0.25, 0.3) is 0 Å². The van der Waals surface area contributed by atoms with Crippen molar-refractivity contribution in [2.75, 3.05) is 22.5 Å². The first-order chi connectivity index (χ1) is 15.3. The summed E-state index contributed by atoms with van der Waals surface area (Å²) in [4.78, 5) is 3.46. The second kappa shape index (κ2) is 9.38. The van der Waals surface area contributed by atoms with Gasteiger partial charge in [-0.1, -0.05) is 35.3 Å². The number of nitrogens with zero attached hydrogens (tertiary/aromatic N) is 1. The zero-order valence-electron chi connectivity index (χ0n) is 17.0. The van der Waals surface area contributed by atoms with E-state index in [9.17, 15) is 0 Å². The molecular formula is C22H20Cl2FN5OS. The smallest absolute Gasteiger partial charge is 0.180 e. The van der Waals surface area contributed by atoms with Crippen LogP contribution in [0.5, 0.6) is 5.75 Å². The van der Waals surface area contributed by atoms with Crippen LogP contribution in [0, 0.1) is 5.82 Å². The highest BCUT2D eigenvalue weighted by Gasteiger charge is 2.14. The van der Waals surface area contributed by atoms with Gasteiger partial charge in [-0.2, -0.15) is 0 Å². The van der Waals surface area contributed by atoms with Crippen molar-refractivity contribution in [1.82, 2.24) is 4.98 Å². The third kappa shape index (κ3) is 4.54. The lowest BCUT2D eigenvalue weighted by molar-refractivity contribution is 0.288. The van der Waals surface area contributed by atoms with E-state index in [2.05, 4.69) is 9.71 Å². The van der Waals surface area contributed by atoms with E-state index in [0.717, 1.165) is 28.7 Å². The van der Waals surface area contributed by atoms with Gasteiger partial charge in [0.2, 0.25) is 0 Å². The molecule has 0 saturated carbocycles. The normalized spacial score (nSPS) is 11.0. The maximum atomic E-state index is 15.0. The Hall–Kier alpha value is -2.78. The first kappa shape index (κ1) is 22.4. The van der Waals surface area contributed by atoms with Crippen LogP contribution in [0.3, 0.4) is 0 Å². The third-order valence-electron chi connectivity index (χ3n) is 4.80. The molecule has 0 unspecified atom stereocenters. The van der Waals surface area contributed by atoms with Gasteiger partial charge in [-0.3, -0.25) is 0 Å². The predicted molar refractivity (Wildman–Crippen MR) is 132 cm³/mol. The van der Waals surface area contributed by atoms with E-state index in [1.54, 1.807) is 55.7 Å². The molecule has 166 valence electrons. The number of rotatable bonds is 7. The van der Waals surface area contributed by atoms with Crippen LogP contribution in [0.25, 0.3) is 10.9 Å². The number of hydrogen-bond donors (Lipinski definition) is 4. The van der Waals surface area contributed by atoms with E-state index in [0.29, 0.717) is 31.7 Å². The first-order valence-electron chi connectivity index (χ1n) is 9.51. The topological polar surface area (TPSA) is 92.3 Å². The van der Waals surface area contributed by atoms with Crippen molar-refractivity contribution in [1.29, 1.82) is 0 Å². The molecule has 1 heterocycles. The number of fused-ring (bicyclic) bond motifs is 1. The van der Waals surface area contributed by atoms with E-state index in [4.69, 9.17) is 39.5 Å². The number of aromatic nitrogens is 1. The lowest BCUT2D eigenvalue weighted by Gasteiger charge is -2.16. The summed E-state index contributed by atoms with van der Waals surface area (Å²) in [6.45, 7) is 0.163. The van der Waals surface area contributed by atoms with Gasteiger partial charge in [0.1, 0.15) is 6.61 Å². The minimum Gasteiger partial charge on any atom is -0.486 e. The number of hydrogen-bond acceptors (Lipinski definition) is 6. The molecule has 4 aromatic rings. The first-order valence-corrected chi connectivity index (χ1v) is 11.1. The number of nitrogen functional groups attached to an aromatic ring is 1. The summed E-state index contributed by atoms with van der Waals surface area (Å²) < 4.78 is 23.9. The number of hydrazine groups is 1. The summed E-state index contributed by atoms with van der Waals surface area (Å²) in [7, 11) is 1.70. The van der Waals surface area contributed by atoms with Crippen molar-refractivity contribution in [3.05, 3.63) is 76.2 Å². The fraction of sp³-hybridized carbons (Fsp3) is 0.0909. The van der Waals surface area contributed by atoms with Gasteiger partial charge in [-0.15, -0.1) is 0 Å². The number of halogens is 3.